The van der Waals surface area contributed by atoms with Crippen LogP contribution in [0.15, 0.2) is 48.8 Å². The smallest absolute Gasteiger partial charge is 0.245 e. The van der Waals surface area contributed by atoms with E-state index in [0.29, 0.717) is 29.3 Å². The van der Waals surface area contributed by atoms with Crippen molar-refractivity contribution in [2.75, 3.05) is 18.0 Å². The van der Waals surface area contributed by atoms with Crippen molar-refractivity contribution in [2.45, 2.75) is 32.4 Å². The van der Waals surface area contributed by atoms with Gasteiger partial charge in [-0.15, -0.1) is 10.2 Å². The highest BCUT2D eigenvalue weighted by Gasteiger charge is 2.25. The van der Waals surface area contributed by atoms with Crippen LogP contribution in [-0.4, -0.2) is 55.2 Å². The molecular formula is C24H27N7O. The summed E-state index contributed by atoms with van der Waals surface area (Å²) < 4.78 is 1.85. The van der Waals surface area contributed by atoms with E-state index in [1.165, 1.54) is 0 Å². The molecule has 8 nitrogen and oxygen atoms in total. The summed E-state index contributed by atoms with van der Waals surface area (Å²) >= 11 is 0. The summed E-state index contributed by atoms with van der Waals surface area (Å²) in [5.41, 5.74) is 4.18. The molecule has 1 aliphatic heterocycles. The molecule has 1 fully saturated rings. The van der Waals surface area contributed by atoms with Crippen LogP contribution in [-0.2, 0) is 7.05 Å². The summed E-state index contributed by atoms with van der Waals surface area (Å²) in [6, 6.07) is 12.6. The van der Waals surface area contributed by atoms with Crippen LogP contribution < -0.4 is 10.2 Å². The Morgan fingerprint density at radius 2 is 1.88 bits per heavy atom. The summed E-state index contributed by atoms with van der Waals surface area (Å²) in [6.45, 7) is 6.10. The van der Waals surface area contributed by atoms with Crippen molar-refractivity contribution >= 4 is 16.9 Å². The summed E-state index contributed by atoms with van der Waals surface area (Å²) in [5.74, 6) is 0.780. The zero-order chi connectivity index (χ0) is 22.2. The first-order valence-corrected chi connectivity index (χ1v) is 10.9. The lowest BCUT2D eigenvalue weighted by Gasteiger charge is -2.18. The number of rotatable bonds is 5. The molecule has 0 radical (unpaired) electrons. The molecule has 0 amide bonds. The van der Waals surface area contributed by atoms with Crippen LogP contribution in [0, 0.1) is 0 Å². The number of nitrogens with one attached hydrogen (secondary N) is 1. The molecule has 1 unspecified atom stereocenters. The molecule has 1 saturated heterocycles. The van der Waals surface area contributed by atoms with Gasteiger partial charge in [0.1, 0.15) is 11.4 Å². The Hall–Kier alpha value is -3.52. The number of nitrogens with zero attached hydrogens (tertiary/aromatic N) is 6. The quantitative estimate of drug-likeness (QED) is 0.502. The predicted molar refractivity (Wildman–Crippen MR) is 126 cm³/mol. The second-order valence-corrected chi connectivity index (χ2v) is 8.67. The van der Waals surface area contributed by atoms with Crippen molar-refractivity contribution in [3.05, 3.63) is 48.8 Å². The van der Waals surface area contributed by atoms with E-state index in [4.69, 9.17) is 0 Å². The van der Waals surface area contributed by atoms with Gasteiger partial charge >= 0.3 is 0 Å². The summed E-state index contributed by atoms with van der Waals surface area (Å²) in [5, 5.41) is 28.3. The molecule has 4 aromatic rings. The van der Waals surface area contributed by atoms with Gasteiger partial charge in [-0.25, -0.2) is 4.98 Å². The zero-order valence-corrected chi connectivity index (χ0v) is 18.5. The number of phenols is 1. The summed E-state index contributed by atoms with van der Waals surface area (Å²) in [4.78, 5) is 6.66. The Kier molecular flexibility index (Phi) is 5.22. The lowest BCUT2D eigenvalue weighted by Crippen LogP contribution is -2.37. The van der Waals surface area contributed by atoms with Gasteiger partial charge in [-0.05, 0) is 41.8 Å². The predicted octanol–water partition coefficient (Wildman–Crippen LogP) is 3.37. The number of benzene rings is 2. The van der Waals surface area contributed by atoms with Gasteiger partial charge in [0.05, 0.1) is 17.9 Å². The van der Waals surface area contributed by atoms with Gasteiger partial charge in [0, 0.05) is 43.2 Å². The van der Waals surface area contributed by atoms with Crippen molar-refractivity contribution in [3.63, 3.8) is 0 Å². The average molecular weight is 430 g/mol. The van der Waals surface area contributed by atoms with Gasteiger partial charge in [-0.1, -0.05) is 26.0 Å². The lowest BCUT2D eigenvalue weighted by molar-refractivity contribution is 0.477. The van der Waals surface area contributed by atoms with E-state index in [9.17, 15) is 5.11 Å². The number of anilines is 1. The van der Waals surface area contributed by atoms with Crippen LogP contribution in [0.4, 0.5) is 5.95 Å². The number of hydrogen-bond acceptors (Lipinski definition) is 7. The molecule has 1 aliphatic rings. The largest absolute Gasteiger partial charge is 0.507 e. The van der Waals surface area contributed by atoms with Crippen LogP contribution in [0.2, 0.25) is 0 Å². The first-order chi connectivity index (χ1) is 15.5. The molecule has 8 heteroatoms. The van der Waals surface area contributed by atoms with E-state index in [0.717, 1.165) is 41.5 Å². The number of aryl methyl sites for hydroxylation is 1. The molecular weight excluding hydrogens is 402 g/mol. The maximum Gasteiger partial charge on any atom is 0.245 e. The molecule has 2 aromatic heterocycles. The Bertz CT molecular complexity index is 1250. The Balaban J connectivity index is 1.35. The molecule has 0 aliphatic carbocycles. The van der Waals surface area contributed by atoms with Gasteiger partial charge < -0.3 is 15.3 Å². The third kappa shape index (κ3) is 3.89. The minimum atomic E-state index is 0.153. The molecule has 0 saturated carbocycles. The van der Waals surface area contributed by atoms with Crippen molar-refractivity contribution in [3.8, 4) is 28.1 Å². The van der Waals surface area contributed by atoms with Crippen molar-refractivity contribution < 1.29 is 5.11 Å². The fraction of sp³-hybridized carbons (Fsp3) is 0.333. The fourth-order valence-corrected chi connectivity index (χ4v) is 4.36. The standard InChI is InChI=1S/C24H27N7O/c1-15(2)27-19-8-9-31(14-19)24-25-13-21(28-29-24)20-6-4-17(11-23(20)32)16-5-7-22-18(10-16)12-26-30(22)3/h4-7,10-13,15,19,27,32H,8-9,14H2,1-3H3. The highest BCUT2D eigenvalue weighted by atomic mass is 16.3. The number of aromatic nitrogens is 5. The van der Waals surface area contributed by atoms with Crippen molar-refractivity contribution in [1.29, 1.82) is 0 Å². The van der Waals surface area contributed by atoms with Crippen molar-refractivity contribution in [2.24, 2.45) is 7.05 Å². The second-order valence-electron chi connectivity index (χ2n) is 8.67. The van der Waals surface area contributed by atoms with Crippen LogP contribution in [0.25, 0.3) is 33.3 Å². The van der Waals surface area contributed by atoms with Gasteiger partial charge in [-0.2, -0.15) is 5.10 Å². The number of fused-ring (bicyclic) bond motifs is 1. The lowest BCUT2D eigenvalue weighted by atomic mass is 10.0. The molecule has 164 valence electrons. The molecule has 32 heavy (non-hydrogen) atoms. The molecule has 2 N–H and O–H groups in total. The fourth-order valence-electron chi connectivity index (χ4n) is 4.36. The van der Waals surface area contributed by atoms with Gasteiger partial charge in [-0.3, -0.25) is 4.68 Å². The molecule has 2 aromatic carbocycles. The third-order valence-electron chi connectivity index (χ3n) is 5.94. The highest BCUT2D eigenvalue weighted by Crippen LogP contribution is 2.33. The number of phenolic OH excluding ortho intramolecular Hbond substituents is 1. The van der Waals surface area contributed by atoms with E-state index < -0.39 is 0 Å². The monoisotopic (exact) mass is 429 g/mol. The van der Waals surface area contributed by atoms with Crippen LogP contribution >= 0.6 is 0 Å². The van der Waals surface area contributed by atoms with Crippen LogP contribution in [0.3, 0.4) is 0 Å². The van der Waals surface area contributed by atoms with Gasteiger partial charge in [0.15, 0.2) is 0 Å². The molecule has 0 spiro atoms. The number of hydrogen-bond donors (Lipinski definition) is 2. The summed E-state index contributed by atoms with van der Waals surface area (Å²) in [7, 11) is 1.92. The number of aromatic hydroxyl groups is 1. The maximum atomic E-state index is 10.7. The van der Waals surface area contributed by atoms with E-state index in [1.807, 2.05) is 42.2 Å². The third-order valence-corrected chi connectivity index (χ3v) is 5.94. The normalized spacial score (nSPS) is 16.4. The average Bonchev–Trinajstić information content (AvgIpc) is 3.40. The highest BCUT2D eigenvalue weighted by molar-refractivity contribution is 5.85. The molecule has 0 bridgehead atoms. The second kappa shape index (κ2) is 8.20. The minimum absolute atomic E-state index is 0.153. The van der Waals surface area contributed by atoms with Crippen LogP contribution in [0.5, 0.6) is 5.75 Å². The van der Waals surface area contributed by atoms with Gasteiger partial charge in [0.25, 0.3) is 0 Å². The van der Waals surface area contributed by atoms with Crippen LogP contribution in [0.1, 0.15) is 20.3 Å². The maximum absolute atomic E-state index is 10.7. The molecule has 1 atom stereocenters. The topological polar surface area (TPSA) is 92.0 Å². The SMILES string of the molecule is CC(C)NC1CCN(c2ncc(-c3ccc(-c4ccc5c(cnn5C)c4)cc3O)nn2)C1. The van der Waals surface area contributed by atoms with E-state index in [-0.39, 0.29) is 5.75 Å². The molecule has 3 heterocycles. The Morgan fingerprint density at radius 1 is 1.06 bits per heavy atom. The van der Waals surface area contributed by atoms with E-state index in [1.54, 1.807) is 12.3 Å². The van der Waals surface area contributed by atoms with E-state index in [2.05, 4.69) is 50.4 Å². The first kappa shape index (κ1) is 20.4. The first-order valence-electron chi connectivity index (χ1n) is 10.9. The Labute approximate surface area is 186 Å². The summed E-state index contributed by atoms with van der Waals surface area (Å²) in [6.07, 6.45) is 4.59. The van der Waals surface area contributed by atoms with E-state index >= 15 is 0 Å². The Morgan fingerprint density at radius 3 is 2.62 bits per heavy atom. The minimum Gasteiger partial charge on any atom is -0.507 e. The van der Waals surface area contributed by atoms with Gasteiger partial charge in [0.2, 0.25) is 5.95 Å². The zero-order valence-electron chi connectivity index (χ0n) is 18.5. The molecule has 5 rings (SSSR count). The van der Waals surface area contributed by atoms with Crippen molar-refractivity contribution in [1.82, 2.24) is 30.3 Å².